The molecule has 6 heterocycles. The van der Waals surface area contributed by atoms with E-state index in [1.165, 1.54) is 0 Å². The molecule has 3 aromatic rings. The molecule has 242 valence electrons. The Balaban J connectivity index is 1.43. The Bertz CT molecular complexity index is 1660. The van der Waals surface area contributed by atoms with Crippen LogP contribution in [0.5, 0.6) is 11.8 Å². The van der Waals surface area contributed by atoms with Gasteiger partial charge in [0.25, 0.3) is 0 Å². The standard InChI is InChI=1S/C30H33F6N7O2/c1-14-8-18(37)39-24(21(14)30(34,35)36)19-22(32)25-20(26(44-2)23(19)33)27(42-11-16-4-5-17(12-42)38-16)41-28(40-25)45-13-29-6-3-7-43(29)10-15(31)9-29/h8,15-17,38H,3-7,9-13H2,1-2H3,(H2,37,39)/t15-,16-,17+,29+/m1/s1. The highest BCUT2D eigenvalue weighted by Crippen LogP contribution is 2.47. The van der Waals surface area contributed by atoms with Crippen molar-refractivity contribution < 1.29 is 35.8 Å². The van der Waals surface area contributed by atoms with Crippen LogP contribution < -0.4 is 25.4 Å². The number of methoxy groups -OCH3 is 1. The van der Waals surface area contributed by atoms with Crippen LogP contribution in [-0.4, -0.2) is 83.5 Å². The minimum atomic E-state index is -5.01. The first-order valence-electron chi connectivity index (χ1n) is 15.0. The summed E-state index contributed by atoms with van der Waals surface area (Å²) < 4.78 is 102. The molecule has 45 heavy (non-hydrogen) atoms. The lowest BCUT2D eigenvalue weighted by atomic mass is 9.95. The summed E-state index contributed by atoms with van der Waals surface area (Å²) in [6, 6.07) is 0.955. The third-order valence-electron chi connectivity index (χ3n) is 9.65. The summed E-state index contributed by atoms with van der Waals surface area (Å²) in [5.41, 5.74) is 0.950. The number of fused-ring (bicyclic) bond motifs is 4. The Morgan fingerprint density at radius 3 is 2.51 bits per heavy atom. The van der Waals surface area contributed by atoms with Gasteiger partial charge in [0.15, 0.2) is 17.4 Å². The average Bonchev–Trinajstić information content (AvgIpc) is 3.61. The van der Waals surface area contributed by atoms with E-state index in [0.717, 1.165) is 45.9 Å². The molecule has 1 aromatic carbocycles. The number of nitrogen functional groups attached to an aromatic ring is 1. The lowest BCUT2D eigenvalue weighted by Gasteiger charge is -2.35. The first-order valence-corrected chi connectivity index (χ1v) is 15.0. The number of aryl methyl sites for hydroxylation is 1. The number of rotatable bonds is 6. The average molecular weight is 638 g/mol. The number of anilines is 2. The van der Waals surface area contributed by atoms with Gasteiger partial charge in [-0.2, -0.15) is 23.1 Å². The van der Waals surface area contributed by atoms with Crippen LogP contribution in [-0.2, 0) is 6.18 Å². The number of pyridine rings is 1. The van der Waals surface area contributed by atoms with E-state index in [-0.39, 0.29) is 53.7 Å². The van der Waals surface area contributed by atoms with E-state index in [2.05, 4.69) is 20.3 Å². The molecule has 0 unspecified atom stereocenters. The topological polar surface area (TPSA) is 102 Å². The van der Waals surface area contributed by atoms with Gasteiger partial charge in [0.05, 0.1) is 34.9 Å². The minimum Gasteiger partial charge on any atom is -0.493 e. The number of aromatic nitrogens is 3. The summed E-state index contributed by atoms with van der Waals surface area (Å²) in [6.45, 7) is 3.11. The van der Waals surface area contributed by atoms with Crippen molar-refractivity contribution in [2.45, 2.75) is 69.0 Å². The highest BCUT2D eigenvalue weighted by Gasteiger charge is 2.49. The van der Waals surface area contributed by atoms with Crippen LogP contribution in [0.4, 0.5) is 38.0 Å². The zero-order valence-electron chi connectivity index (χ0n) is 24.8. The number of nitrogens with two attached hydrogens (primary N) is 1. The van der Waals surface area contributed by atoms with Gasteiger partial charge in [-0.05, 0) is 50.8 Å². The summed E-state index contributed by atoms with van der Waals surface area (Å²) in [5.74, 6) is -3.51. The molecule has 0 radical (unpaired) electrons. The molecule has 2 bridgehead atoms. The van der Waals surface area contributed by atoms with Crippen LogP contribution in [0.25, 0.3) is 22.2 Å². The zero-order valence-corrected chi connectivity index (χ0v) is 24.8. The maximum absolute atomic E-state index is 16.7. The van der Waals surface area contributed by atoms with Gasteiger partial charge in [0, 0.05) is 38.1 Å². The molecule has 2 aromatic heterocycles. The monoisotopic (exact) mass is 637 g/mol. The highest BCUT2D eigenvalue weighted by atomic mass is 19.4. The molecule has 4 atom stereocenters. The number of hydrogen-bond donors (Lipinski definition) is 2. The van der Waals surface area contributed by atoms with Crippen molar-refractivity contribution >= 4 is 22.5 Å². The molecule has 4 aliphatic heterocycles. The third-order valence-corrected chi connectivity index (χ3v) is 9.65. The van der Waals surface area contributed by atoms with Crippen LogP contribution >= 0.6 is 0 Å². The molecule has 0 saturated carbocycles. The van der Waals surface area contributed by atoms with Gasteiger partial charge in [0.2, 0.25) is 0 Å². The predicted molar refractivity (Wildman–Crippen MR) is 154 cm³/mol. The Morgan fingerprint density at radius 2 is 1.82 bits per heavy atom. The first kappa shape index (κ1) is 30.1. The van der Waals surface area contributed by atoms with Crippen LogP contribution in [0.1, 0.15) is 43.2 Å². The Morgan fingerprint density at radius 1 is 1.09 bits per heavy atom. The van der Waals surface area contributed by atoms with Gasteiger partial charge in [-0.15, -0.1) is 0 Å². The number of nitrogens with one attached hydrogen (secondary N) is 1. The number of alkyl halides is 4. The van der Waals surface area contributed by atoms with Crippen LogP contribution in [0, 0.1) is 18.6 Å². The molecule has 0 amide bonds. The number of ether oxygens (including phenoxy) is 2. The summed E-state index contributed by atoms with van der Waals surface area (Å²) >= 11 is 0. The van der Waals surface area contributed by atoms with Gasteiger partial charge < -0.3 is 25.4 Å². The van der Waals surface area contributed by atoms with E-state index >= 15 is 8.78 Å². The maximum Gasteiger partial charge on any atom is 0.418 e. The van der Waals surface area contributed by atoms with Crippen molar-refractivity contribution in [2.24, 2.45) is 0 Å². The second kappa shape index (κ2) is 10.7. The summed E-state index contributed by atoms with van der Waals surface area (Å²) in [5, 5.41) is 3.36. The van der Waals surface area contributed by atoms with E-state index < -0.39 is 57.6 Å². The van der Waals surface area contributed by atoms with E-state index in [0.29, 0.717) is 26.1 Å². The maximum atomic E-state index is 16.7. The lowest BCUT2D eigenvalue weighted by molar-refractivity contribution is -0.137. The number of nitrogens with zero attached hydrogens (tertiary/aromatic N) is 5. The summed E-state index contributed by atoms with van der Waals surface area (Å²) in [7, 11) is 1.14. The SMILES string of the molecule is COc1c(F)c(-c2nc(N)cc(C)c2C(F)(F)F)c(F)c2nc(OC[C@@]34CCCN3C[C@H](F)C4)nc(N3C[C@H]4CC[C@@H](C3)N4)c12. The van der Waals surface area contributed by atoms with E-state index in [9.17, 15) is 17.6 Å². The minimum absolute atomic E-state index is 0.0339. The van der Waals surface area contributed by atoms with Crippen molar-refractivity contribution in [3.8, 4) is 23.0 Å². The van der Waals surface area contributed by atoms with E-state index in [4.69, 9.17) is 15.2 Å². The normalized spacial score (nSPS) is 26.6. The molecule has 7 rings (SSSR count). The Hall–Kier alpha value is -3.59. The molecule has 9 nitrogen and oxygen atoms in total. The van der Waals surface area contributed by atoms with E-state index in [1.807, 2.05) is 9.80 Å². The quantitative estimate of drug-likeness (QED) is 0.370. The number of halogens is 6. The van der Waals surface area contributed by atoms with Gasteiger partial charge >= 0.3 is 12.2 Å². The Kier molecular flexibility index (Phi) is 7.19. The van der Waals surface area contributed by atoms with Gasteiger partial charge in [0.1, 0.15) is 29.9 Å². The fourth-order valence-corrected chi connectivity index (χ4v) is 7.78. The molecular formula is C30H33F6N7O2. The predicted octanol–water partition coefficient (Wildman–Crippen LogP) is 4.78. The number of hydrogen-bond acceptors (Lipinski definition) is 9. The van der Waals surface area contributed by atoms with Gasteiger partial charge in [-0.25, -0.2) is 18.2 Å². The van der Waals surface area contributed by atoms with E-state index in [1.54, 1.807) is 0 Å². The number of piperazine rings is 1. The van der Waals surface area contributed by atoms with Crippen molar-refractivity contribution in [3.05, 3.63) is 28.8 Å². The zero-order chi connectivity index (χ0) is 31.8. The third kappa shape index (κ3) is 4.98. The fourth-order valence-electron chi connectivity index (χ4n) is 7.78. The first-order chi connectivity index (χ1) is 21.4. The fraction of sp³-hybridized carbons (Fsp3) is 0.567. The molecular weight excluding hydrogens is 604 g/mol. The smallest absolute Gasteiger partial charge is 0.418 e. The second-order valence-electron chi connectivity index (χ2n) is 12.6. The number of benzene rings is 1. The molecule has 0 spiro atoms. The molecule has 15 heteroatoms. The molecule has 4 fully saturated rings. The lowest BCUT2D eigenvalue weighted by Crippen LogP contribution is -2.51. The van der Waals surface area contributed by atoms with Crippen molar-refractivity contribution in [3.63, 3.8) is 0 Å². The Labute approximate surface area is 255 Å². The summed E-state index contributed by atoms with van der Waals surface area (Å²) in [4.78, 5) is 16.6. The molecule has 4 saturated heterocycles. The van der Waals surface area contributed by atoms with Crippen molar-refractivity contribution in [2.75, 3.05) is 50.5 Å². The van der Waals surface area contributed by atoms with Crippen LogP contribution in [0.3, 0.4) is 0 Å². The van der Waals surface area contributed by atoms with Crippen LogP contribution in [0.15, 0.2) is 6.07 Å². The van der Waals surface area contributed by atoms with Crippen molar-refractivity contribution in [1.29, 1.82) is 0 Å². The highest BCUT2D eigenvalue weighted by molar-refractivity contribution is 5.99. The molecule has 3 N–H and O–H groups in total. The van der Waals surface area contributed by atoms with Gasteiger partial charge in [-0.1, -0.05) is 0 Å². The second-order valence-corrected chi connectivity index (χ2v) is 12.6. The van der Waals surface area contributed by atoms with Gasteiger partial charge in [-0.3, -0.25) is 4.90 Å². The molecule has 4 aliphatic rings. The largest absolute Gasteiger partial charge is 0.493 e. The van der Waals surface area contributed by atoms with Crippen LogP contribution in [0.2, 0.25) is 0 Å². The molecule has 0 aliphatic carbocycles. The summed E-state index contributed by atoms with van der Waals surface area (Å²) in [6.07, 6.45) is -2.37. The van der Waals surface area contributed by atoms with Crippen molar-refractivity contribution in [1.82, 2.24) is 25.2 Å².